The number of hydrogen-bond acceptors (Lipinski definition) is 4. The van der Waals surface area contributed by atoms with Crippen molar-refractivity contribution >= 4 is 45.9 Å². The lowest BCUT2D eigenvalue weighted by Gasteiger charge is -2.28. The number of Topliss-reactive ketones (excluding diaryl/α,β-unsaturated/α-hetero) is 1. The number of pyridine rings is 1. The lowest BCUT2D eigenvalue weighted by Crippen LogP contribution is -2.28. The van der Waals surface area contributed by atoms with Crippen molar-refractivity contribution in [3.8, 4) is 0 Å². The Bertz CT molecular complexity index is 948. The van der Waals surface area contributed by atoms with E-state index in [0.717, 1.165) is 0 Å². The summed E-state index contributed by atoms with van der Waals surface area (Å²) in [6, 6.07) is 1.27. The van der Waals surface area contributed by atoms with E-state index in [9.17, 15) is 14.4 Å². The summed E-state index contributed by atoms with van der Waals surface area (Å²) in [7, 11) is 0. The first-order valence-electron chi connectivity index (χ1n) is 8.17. The largest absolute Gasteiger partial charge is 0.462 e. The molecule has 0 radical (unpaired) electrons. The van der Waals surface area contributed by atoms with Crippen LogP contribution in [0, 0.1) is 0 Å². The lowest BCUT2D eigenvalue weighted by molar-refractivity contribution is 0.0502. The van der Waals surface area contributed by atoms with Gasteiger partial charge >= 0.3 is 5.97 Å². The fourth-order valence-corrected chi connectivity index (χ4v) is 3.63. The molecule has 1 aromatic carbocycles. The second kappa shape index (κ2) is 6.81. The molecule has 2 heterocycles. The normalized spacial score (nSPS) is 16.3. The van der Waals surface area contributed by atoms with Gasteiger partial charge in [-0.05, 0) is 18.9 Å². The number of carbonyl (C=O) groups is 2. The summed E-state index contributed by atoms with van der Waals surface area (Å²) in [5, 5.41) is 0.472. The first kappa shape index (κ1) is 18.0. The molecule has 0 saturated carbocycles. The molecule has 7 heteroatoms. The van der Waals surface area contributed by atoms with E-state index in [1.807, 2.05) is 13.8 Å². The zero-order chi connectivity index (χ0) is 18.3. The quantitative estimate of drug-likeness (QED) is 0.735. The van der Waals surface area contributed by atoms with Crippen LogP contribution in [0.4, 0.5) is 0 Å². The van der Waals surface area contributed by atoms with Crippen LogP contribution in [0.1, 0.15) is 59.9 Å². The summed E-state index contributed by atoms with van der Waals surface area (Å²) in [5.74, 6) is -0.818. The van der Waals surface area contributed by atoms with Crippen molar-refractivity contribution in [2.45, 2.75) is 39.2 Å². The number of rotatable bonds is 4. The van der Waals surface area contributed by atoms with Crippen molar-refractivity contribution in [1.82, 2.24) is 4.57 Å². The van der Waals surface area contributed by atoms with Crippen LogP contribution in [0.3, 0.4) is 0 Å². The minimum atomic E-state index is -0.670. The van der Waals surface area contributed by atoms with E-state index in [1.54, 1.807) is 4.57 Å². The van der Waals surface area contributed by atoms with Gasteiger partial charge in [-0.15, -0.1) is 0 Å². The van der Waals surface area contributed by atoms with Gasteiger partial charge in [0.15, 0.2) is 5.78 Å². The van der Waals surface area contributed by atoms with E-state index < -0.39 is 11.4 Å². The molecule has 0 spiro atoms. The average molecular weight is 382 g/mol. The van der Waals surface area contributed by atoms with Gasteiger partial charge in [-0.25, -0.2) is 4.79 Å². The molecule has 25 heavy (non-hydrogen) atoms. The Labute approximate surface area is 154 Å². The standard InChI is InChI=1S/C18H17Cl2NO4/c1-3-5-25-18(24)11-8-21-9(4-2)6-13(22)14-15(20)12(19)7-10(16(14)21)17(11)23/h7-9H,3-6H2,1-2H3. The molecule has 1 unspecified atom stereocenters. The van der Waals surface area contributed by atoms with Crippen molar-refractivity contribution in [3.63, 3.8) is 0 Å². The minimum Gasteiger partial charge on any atom is -0.462 e. The lowest BCUT2D eigenvalue weighted by atomic mass is 9.93. The fraction of sp³-hybridized carbons (Fsp3) is 0.389. The maximum atomic E-state index is 12.8. The van der Waals surface area contributed by atoms with Crippen LogP contribution in [-0.2, 0) is 4.74 Å². The summed E-state index contributed by atoms with van der Waals surface area (Å²) in [6.07, 6.45) is 3.06. The molecule has 1 aliphatic rings. The Morgan fingerprint density at radius 2 is 2.04 bits per heavy atom. The topological polar surface area (TPSA) is 65.4 Å². The van der Waals surface area contributed by atoms with Crippen LogP contribution in [0.15, 0.2) is 17.1 Å². The first-order chi connectivity index (χ1) is 11.9. The van der Waals surface area contributed by atoms with Gasteiger partial charge in [-0.1, -0.05) is 37.0 Å². The monoisotopic (exact) mass is 381 g/mol. The number of ether oxygens (including phenoxy) is 1. The number of aromatic nitrogens is 1. The third kappa shape index (κ3) is 2.85. The number of halogens is 2. The Kier molecular flexibility index (Phi) is 4.89. The van der Waals surface area contributed by atoms with Gasteiger partial charge in [0.1, 0.15) is 5.56 Å². The van der Waals surface area contributed by atoms with Gasteiger partial charge in [0.25, 0.3) is 0 Å². The molecule has 0 bridgehead atoms. The molecule has 1 aromatic heterocycles. The van der Waals surface area contributed by atoms with E-state index >= 15 is 0 Å². The van der Waals surface area contributed by atoms with E-state index in [2.05, 4.69) is 0 Å². The third-order valence-electron chi connectivity index (χ3n) is 4.43. The second-order valence-electron chi connectivity index (χ2n) is 6.05. The summed E-state index contributed by atoms with van der Waals surface area (Å²) in [4.78, 5) is 37.6. The smallest absolute Gasteiger partial charge is 0.343 e. The predicted octanol–water partition coefficient (Wildman–Crippen LogP) is 4.41. The van der Waals surface area contributed by atoms with E-state index in [1.165, 1.54) is 12.3 Å². The van der Waals surface area contributed by atoms with Crippen molar-refractivity contribution in [2.24, 2.45) is 0 Å². The second-order valence-corrected chi connectivity index (χ2v) is 6.83. The zero-order valence-corrected chi connectivity index (χ0v) is 15.4. The molecule has 1 atom stereocenters. The van der Waals surface area contributed by atoms with Crippen LogP contribution in [0.5, 0.6) is 0 Å². The number of esters is 1. The summed E-state index contributed by atoms with van der Waals surface area (Å²) >= 11 is 12.3. The number of hydrogen-bond donors (Lipinski definition) is 0. The molecule has 0 aliphatic carbocycles. The Balaban J connectivity index is 2.38. The molecule has 0 saturated heterocycles. The average Bonchev–Trinajstić information content (AvgIpc) is 2.59. The fourth-order valence-electron chi connectivity index (χ4n) is 3.18. The third-order valence-corrected chi connectivity index (χ3v) is 5.22. The van der Waals surface area contributed by atoms with Crippen LogP contribution in [0.25, 0.3) is 10.9 Å². The highest BCUT2D eigenvalue weighted by Crippen LogP contribution is 2.39. The summed E-state index contributed by atoms with van der Waals surface area (Å²) in [5.41, 5.74) is 0.129. The molecule has 0 N–H and O–H groups in total. The van der Waals surface area contributed by atoms with Crippen molar-refractivity contribution < 1.29 is 14.3 Å². The van der Waals surface area contributed by atoms with Gasteiger partial charge in [-0.3, -0.25) is 9.59 Å². The number of carbonyl (C=O) groups excluding carboxylic acids is 2. The SMILES string of the molecule is CCCOC(=O)c1cn2c3c(c(Cl)c(Cl)cc3c1=O)C(=O)CC2CC. The molecule has 1 aliphatic heterocycles. The highest BCUT2D eigenvalue weighted by Gasteiger charge is 2.31. The summed E-state index contributed by atoms with van der Waals surface area (Å²) < 4.78 is 6.91. The number of nitrogens with zero attached hydrogens (tertiary/aromatic N) is 1. The van der Waals surface area contributed by atoms with E-state index in [-0.39, 0.29) is 51.4 Å². The first-order valence-corrected chi connectivity index (χ1v) is 8.93. The maximum absolute atomic E-state index is 12.8. The van der Waals surface area contributed by atoms with Crippen LogP contribution in [0.2, 0.25) is 10.0 Å². The molecule has 2 aromatic rings. The van der Waals surface area contributed by atoms with Gasteiger partial charge in [0.2, 0.25) is 5.43 Å². The number of benzene rings is 1. The van der Waals surface area contributed by atoms with Gasteiger partial charge in [0, 0.05) is 24.0 Å². The Hall–Kier alpha value is -1.85. The molecule has 132 valence electrons. The van der Waals surface area contributed by atoms with Crippen molar-refractivity contribution in [2.75, 3.05) is 6.61 Å². The zero-order valence-electron chi connectivity index (χ0n) is 13.9. The van der Waals surface area contributed by atoms with Gasteiger partial charge < -0.3 is 9.30 Å². The molecule has 5 nitrogen and oxygen atoms in total. The van der Waals surface area contributed by atoms with Crippen molar-refractivity contribution in [3.05, 3.63) is 43.7 Å². The van der Waals surface area contributed by atoms with E-state index in [0.29, 0.717) is 18.4 Å². The number of ketones is 1. The Morgan fingerprint density at radius 3 is 2.68 bits per heavy atom. The predicted molar refractivity (Wildman–Crippen MR) is 97.1 cm³/mol. The maximum Gasteiger partial charge on any atom is 0.343 e. The van der Waals surface area contributed by atoms with Crippen LogP contribution in [-0.4, -0.2) is 22.9 Å². The summed E-state index contributed by atoms with van der Waals surface area (Å²) in [6.45, 7) is 4.05. The van der Waals surface area contributed by atoms with Gasteiger partial charge in [-0.2, -0.15) is 0 Å². The van der Waals surface area contributed by atoms with Crippen LogP contribution < -0.4 is 5.43 Å². The highest BCUT2D eigenvalue weighted by molar-refractivity contribution is 6.45. The van der Waals surface area contributed by atoms with Crippen LogP contribution >= 0.6 is 23.2 Å². The molecule has 3 rings (SSSR count). The molecule has 0 amide bonds. The van der Waals surface area contributed by atoms with Gasteiger partial charge in [0.05, 0.1) is 27.7 Å². The Morgan fingerprint density at radius 1 is 1.32 bits per heavy atom. The highest BCUT2D eigenvalue weighted by atomic mass is 35.5. The molecular weight excluding hydrogens is 365 g/mol. The minimum absolute atomic E-state index is 0.0573. The molecule has 0 fully saturated rings. The van der Waals surface area contributed by atoms with Crippen molar-refractivity contribution in [1.29, 1.82) is 0 Å². The van der Waals surface area contributed by atoms with E-state index in [4.69, 9.17) is 27.9 Å². The molecular formula is C18H17Cl2NO4.